The fraction of sp³-hybridized carbons (Fsp3) is 0.361. The molecule has 286 valence electrons. The number of carbonyl (C=O) groups excluding carboxylic acids is 1. The number of imidazole rings is 1. The van der Waals surface area contributed by atoms with Gasteiger partial charge in [-0.15, -0.1) is 0 Å². The topological polar surface area (TPSA) is 166 Å². The number of anilines is 1. The molecule has 9 rings (SSSR count). The monoisotopic (exact) mass is 783 g/mol. The Morgan fingerprint density at radius 1 is 1.05 bits per heavy atom. The molecule has 4 atom stereocenters. The Morgan fingerprint density at radius 2 is 1.78 bits per heavy atom. The Kier molecular flexibility index (Phi) is 7.70. The molecule has 2 saturated carbocycles. The number of sulfonamides is 1. The molecule has 12 nitrogen and oxygen atoms in total. The highest BCUT2D eigenvalue weighted by Crippen LogP contribution is 2.68. The van der Waals surface area contributed by atoms with Gasteiger partial charge in [-0.05, 0) is 61.4 Å². The number of amides is 1. The Hall–Kier alpha value is -5.46. The van der Waals surface area contributed by atoms with Crippen molar-refractivity contribution in [2.75, 3.05) is 11.0 Å². The van der Waals surface area contributed by atoms with Gasteiger partial charge in [0, 0.05) is 52.9 Å². The number of nitrogens with two attached hydrogens (primary N) is 1. The molecule has 4 aromatic heterocycles. The first-order valence-corrected chi connectivity index (χ1v) is 19.3. The lowest BCUT2D eigenvalue weighted by Gasteiger charge is -2.29. The molecule has 2 aromatic carbocycles. The number of H-pyrrole nitrogens is 1. The minimum atomic E-state index is -3.78. The Bertz CT molecular complexity index is 2690. The van der Waals surface area contributed by atoms with Crippen LogP contribution in [-0.4, -0.2) is 55.1 Å². The molecule has 1 amide bonds. The number of pyridine rings is 1. The molecule has 4 N–H and O–H groups in total. The van der Waals surface area contributed by atoms with E-state index in [1.807, 2.05) is 0 Å². The van der Waals surface area contributed by atoms with E-state index in [-0.39, 0.29) is 46.2 Å². The van der Waals surface area contributed by atoms with E-state index in [0.717, 1.165) is 31.2 Å². The first-order chi connectivity index (χ1) is 26.0. The number of nitrogens with one attached hydrogen (secondary N) is 2. The third-order valence-corrected chi connectivity index (χ3v) is 11.3. The smallest absolute Gasteiger partial charge is 0.293 e. The van der Waals surface area contributed by atoms with Gasteiger partial charge in [-0.3, -0.25) is 14.2 Å². The van der Waals surface area contributed by atoms with E-state index in [1.165, 1.54) is 4.68 Å². The normalized spacial score (nSPS) is 19.9. The van der Waals surface area contributed by atoms with Gasteiger partial charge in [-0.1, -0.05) is 12.1 Å². The van der Waals surface area contributed by atoms with Crippen LogP contribution >= 0.6 is 0 Å². The summed E-state index contributed by atoms with van der Waals surface area (Å²) in [7, 11) is -2.22. The van der Waals surface area contributed by atoms with Crippen LogP contribution in [0.5, 0.6) is 0 Å². The molecule has 3 aliphatic carbocycles. The van der Waals surface area contributed by atoms with E-state index >= 15 is 8.78 Å². The molecule has 4 heterocycles. The van der Waals surface area contributed by atoms with Crippen molar-refractivity contribution in [2.24, 2.45) is 18.7 Å². The van der Waals surface area contributed by atoms with Crippen LogP contribution in [0.1, 0.15) is 83.5 Å². The molecule has 55 heavy (non-hydrogen) atoms. The van der Waals surface area contributed by atoms with Crippen LogP contribution in [0.25, 0.3) is 33.2 Å². The highest BCUT2D eigenvalue weighted by Gasteiger charge is 2.67. The van der Waals surface area contributed by atoms with Crippen LogP contribution in [0.15, 0.2) is 42.5 Å². The molecule has 6 aromatic rings. The summed E-state index contributed by atoms with van der Waals surface area (Å²) in [5.41, 5.74) is 5.60. The fourth-order valence-corrected chi connectivity index (χ4v) is 8.78. The van der Waals surface area contributed by atoms with Gasteiger partial charge in [0.15, 0.2) is 11.5 Å². The molecular formula is C36H31F6N9O3S. The molecule has 19 heteroatoms. The van der Waals surface area contributed by atoms with E-state index in [4.69, 9.17) is 10.7 Å². The molecule has 0 saturated heterocycles. The molecule has 0 radical (unpaired) electrons. The summed E-state index contributed by atoms with van der Waals surface area (Å²) >= 11 is 0. The second-order valence-electron chi connectivity index (χ2n) is 14.6. The largest absolute Gasteiger partial charge is 0.368 e. The number of primary amides is 1. The van der Waals surface area contributed by atoms with Crippen LogP contribution in [0, 0.1) is 17.6 Å². The number of para-hydroxylation sites is 1. The zero-order chi connectivity index (χ0) is 38.9. The number of carbonyl (C=O) groups is 1. The first kappa shape index (κ1) is 35.3. The number of halogens is 6. The summed E-state index contributed by atoms with van der Waals surface area (Å²) in [5, 5.41) is 8.70. The second kappa shape index (κ2) is 12.0. The SMILES string of the molecule is Cn1nc(NS(C)(=O)=O)c2cccc(-c3cc4[nH]c(C5CC5)nc4nc3[C@@H](Cc3cc(F)cc(F)c3)C(C(N)=O)n3nc(C(F)F)c4c3C(F)(F)[C@@H]3C[C@H]43)c21. The Morgan fingerprint density at radius 3 is 2.44 bits per heavy atom. The second-order valence-corrected chi connectivity index (χ2v) is 16.4. The highest BCUT2D eigenvalue weighted by atomic mass is 32.2. The van der Waals surface area contributed by atoms with Crippen molar-refractivity contribution >= 4 is 43.8 Å². The van der Waals surface area contributed by atoms with E-state index in [1.54, 1.807) is 31.3 Å². The standard InChI is InChI=1S/C36H31F6N9O3S/c1-50-28-18(4-3-5-19(28)34(48-50)49-55(2,53)54)20-13-24-35(46-33(44-24)15-6-7-15)45-26(20)22(10-14-8-16(37)11-17(38)9-14)29(32(43)52)51-30-25(27(47-51)31(39)40)21-12-23(21)36(30,41)42/h3-5,8-9,11,13,15,21-23,29,31H,6-7,10,12H2,1-2H3,(H2,43,52)(H,48,49)(H,44,45,46)/t21-,22+,23+,29?/m0/s1. The van der Waals surface area contributed by atoms with Gasteiger partial charge in [0.1, 0.15) is 34.9 Å². The number of benzene rings is 2. The Balaban J connectivity index is 1.34. The summed E-state index contributed by atoms with van der Waals surface area (Å²) < 4.78 is 120. The molecule has 1 unspecified atom stereocenters. The molecule has 0 bridgehead atoms. The van der Waals surface area contributed by atoms with Crippen LogP contribution < -0.4 is 10.5 Å². The third kappa shape index (κ3) is 5.81. The van der Waals surface area contributed by atoms with Gasteiger partial charge in [-0.2, -0.15) is 19.0 Å². The number of nitrogens with zero attached hydrogens (tertiary/aromatic N) is 6. The summed E-state index contributed by atoms with van der Waals surface area (Å²) in [6.45, 7) is 0. The predicted octanol–water partition coefficient (Wildman–Crippen LogP) is 6.43. The van der Waals surface area contributed by atoms with Crippen LogP contribution in [0.2, 0.25) is 0 Å². The number of hydrogen-bond acceptors (Lipinski definition) is 7. The highest BCUT2D eigenvalue weighted by molar-refractivity contribution is 7.92. The van der Waals surface area contributed by atoms with Crippen LogP contribution in [0.3, 0.4) is 0 Å². The summed E-state index contributed by atoms with van der Waals surface area (Å²) in [5.74, 6) is -9.68. The van der Waals surface area contributed by atoms with Gasteiger partial charge in [0.2, 0.25) is 15.9 Å². The van der Waals surface area contributed by atoms with E-state index in [2.05, 4.69) is 24.9 Å². The molecule has 0 aliphatic heterocycles. The number of aromatic amines is 1. The van der Waals surface area contributed by atoms with Gasteiger partial charge in [-0.25, -0.2) is 40.6 Å². The van der Waals surface area contributed by atoms with E-state index < -0.39 is 81.5 Å². The van der Waals surface area contributed by atoms with Crippen molar-refractivity contribution in [3.05, 3.63) is 88.1 Å². The number of rotatable bonds is 11. The number of aromatic nitrogens is 7. The number of alkyl halides is 4. The van der Waals surface area contributed by atoms with Crippen LogP contribution in [0.4, 0.5) is 32.2 Å². The minimum absolute atomic E-state index is 0.00391. The van der Waals surface area contributed by atoms with E-state index in [9.17, 15) is 30.8 Å². The van der Waals surface area contributed by atoms with E-state index in [0.29, 0.717) is 38.6 Å². The van der Waals surface area contributed by atoms with Gasteiger partial charge in [0.05, 0.1) is 23.0 Å². The minimum Gasteiger partial charge on any atom is -0.368 e. The van der Waals surface area contributed by atoms with Crippen molar-refractivity contribution in [3.63, 3.8) is 0 Å². The van der Waals surface area contributed by atoms with Crippen molar-refractivity contribution < 1.29 is 39.6 Å². The zero-order valence-corrected chi connectivity index (χ0v) is 29.8. The fourth-order valence-electron chi connectivity index (χ4n) is 8.27. The molecule has 2 fully saturated rings. The van der Waals surface area contributed by atoms with Gasteiger partial charge in [0.25, 0.3) is 12.3 Å². The average molecular weight is 784 g/mol. The number of aryl methyl sites for hydroxylation is 1. The first-order valence-electron chi connectivity index (χ1n) is 17.4. The maximum atomic E-state index is 16.1. The number of hydrogen-bond donors (Lipinski definition) is 3. The maximum absolute atomic E-state index is 16.1. The zero-order valence-electron chi connectivity index (χ0n) is 29.0. The Labute approximate surface area is 308 Å². The molecule has 3 aliphatic rings. The summed E-state index contributed by atoms with van der Waals surface area (Å²) in [6.07, 6.45) is -1.04. The lowest BCUT2D eigenvalue weighted by molar-refractivity contribution is -0.122. The van der Waals surface area contributed by atoms with Crippen molar-refractivity contribution in [1.82, 2.24) is 34.5 Å². The lowest BCUT2D eigenvalue weighted by Crippen LogP contribution is -2.37. The predicted molar refractivity (Wildman–Crippen MR) is 187 cm³/mol. The average Bonchev–Trinajstić information content (AvgIpc) is 3.97. The summed E-state index contributed by atoms with van der Waals surface area (Å²) in [6, 6.07) is 7.27. The quantitative estimate of drug-likeness (QED) is 0.127. The summed E-state index contributed by atoms with van der Waals surface area (Å²) in [4.78, 5) is 26.6. The van der Waals surface area contributed by atoms with Crippen molar-refractivity contribution in [2.45, 2.75) is 61.8 Å². The van der Waals surface area contributed by atoms with Crippen LogP contribution in [-0.2, 0) is 34.2 Å². The third-order valence-electron chi connectivity index (χ3n) is 10.7. The maximum Gasteiger partial charge on any atom is 0.293 e. The van der Waals surface area contributed by atoms with Crippen molar-refractivity contribution in [1.29, 1.82) is 0 Å². The number of fused-ring (bicyclic) bond motifs is 5. The van der Waals surface area contributed by atoms with Gasteiger partial charge >= 0.3 is 0 Å². The van der Waals surface area contributed by atoms with Crippen molar-refractivity contribution in [3.8, 4) is 11.1 Å². The molecular weight excluding hydrogens is 753 g/mol. The lowest BCUT2D eigenvalue weighted by atomic mass is 9.84. The van der Waals surface area contributed by atoms with Gasteiger partial charge < -0.3 is 10.7 Å². The molecule has 0 spiro atoms.